The van der Waals surface area contributed by atoms with Crippen molar-refractivity contribution in [2.45, 2.75) is 33.1 Å². The van der Waals surface area contributed by atoms with E-state index in [1.165, 1.54) is 0 Å². The normalized spacial score (nSPS) is 18.8. The third-order valence-electron chi connectivity index (χ3n) is 3.35. The van der Waals surface area contributed by atoms with E-state index in [1.54, 1.807) is 18.2 Å². The van der Waals surface area contributed by atoms with Crippen LogP contribution >= 0.6 is 27.5 Å². The van der Waals surface area contributed by atoms with Gasteiger partial charge in [-0.3, -0.25) is 9.59 Å². The lowest BCUT2D eigenvalue weighted by Crippen LogP contribution is -2.32. The number of carbonyl (C=O) groups is 2. The third kappa shape index (κ3) is 5.62. The first kappa shape index (κ1) is 17.9. The Kier molecular flexibility index (Phi) is 5.81. The molecule has 0 radical (unpaired) electrons. The number of hydrazone groups is 1. The standard InChI is InChI=1S/C16H18BrClN2O3/c1-16(2)7-11(6-12(21)8-16)19-20-15(22)9-23-14-4-3-10(17)5-13(14)18/h3-5H,6-9H2,1-2H3,(H,20,22)/b19-11+. The minimum absolute atomic E-state index is 0.111. The molecule has 1 saturated carbocycles. The Labute approximate surface area is 148 Å². The van der Waals surface area contributed by atoms with Gasteiger partial charge in [-0.05, 0) is 30.0 Å². The van der Waals surface area contributed by atoms with Gasteiger partial charge in [0.05, 0.1) is 5.02 Å². The van der Waals surface area contributed by atoms with Gasteiger partial charge in [-0.2, -0.15) is 5.10 Å². The average molecular weight is 402 g/mol. The first-order chi connectivity index (χ1) is 10.7. The van der Waals surface area contributed by atoms with Crippen LogP contribution in [0.4, 0.5) is 0 Å². The summed E-state index contributed by atoms with van der Waals surface area (Å²) >= 11 is 9.30. The van der Waals surface area contributed by atoms with Crippen LogP contribution in [0.15, 0.2) is 27.8 Å². The molecule has 7 heteroatoms. The van der Waals surface area contributed by atoms with E-state index in [9.17, 15) is 9.59 Å². The molecular formula is C16H18BrClN2O3. The maximum atomic E-state index is 11.8. The second kappa shape index (κ2) is 7.45. The molecule has 0 aliphatic heterocycles. The number of nitrogens with one attached hydrogen (secondary N) is 1. The molecule has 2 rings (SSSR count). The zero-order valence-corrected chi connectivity index (χ0v) is 15.3. The van der Waals surface area contributed by atoms with Crippen molar-refractivity contribution in [3.8, 4) is 5.75 Å². The van der Waals surface area contributed by atoms with Gasteiger partial charge in [-0.15, -0.1) is 0 Å². The molecule has 1 aliphatic rings. The van der Waals surface area contributed by atoms with Crippen LogP contribution in [-0.2, 0) is 9.59 Å². The van der Waals surface area contributed by atoms with Crippen molar-refractivity contribution in [3.05, 3.63) is 27.7 Å². The number of nitrogens with zero attached hydrogens (tertiary/aromatic N) is 1. The number of ether oxygens (including phenoxy) is 1. The molecule has 0 spiro atoms. The van der Waals surface area contributed by atoms with E-state index in [2.05, 4.69) is 26.5 Å². The SMILES string of the molecule is CC1(C)CC(=O)C/C(=N\NC(=O)COc2ccc(Br)cc2Cl)C1. The van der Waals surface area contributed by atoms with Crippen molar-refractivity contribution < 1.29 is 14.3 Å². The van der Waals surface area contributed by atoms with Gasteiger partial charge >= 0.3 is 0 Å². The summed E-state index contributed by atoms with van der Waals surface area (Å²) in [6.07, 6.45) is 1.53. The van der Waals surface area contributed by atoms with Crippen LogP contribution in [0.2, 0.25) is 5.02 Å². The first-order valence-electron chi connectivity index (χ1n) is 7.19. The predicted molar refractivity (Wildman–Crippen MR) is 92.9 cm³/mol. The molecule has 0 unspecified atom stereocenters. The van der Waals surface area contributed by atoms with E-state index < -0.39 is 5.91 Å². The lowest BCUT2D eigenvalue weighted by atomic mass is 9.76. The molecule has 124 valence electrons. The minimum Gasteiger partial charge on any atom is -0.482 e. The van der Waals surface area contributed by atoms with Gasteiger partial charge in [0.1, 0.15) is 11.5 Å². The summed E-state index contributed by atoms with van der Waals surface area (Å²) in [6, 6.07) is 5.13. The van der Waals surface area contributed by atoms with Gasteiger partial charge in [0.25, 0.3) is 5.91 Å². The summed E-state index contributed by atoms with van der Waals surface area (Å²) < 4.78 is 6.18. The molecule has 1 aromatic carbocycles. The number of hydrogen-bond donors (Lipinski definition) is 1. The molecule has 1 aliphatic carbocycles. The van der Waals surface area contributed by atoms with Crippen molar-refractivity contribution in [2.24, 2.45) is 10.5 Å². The van der Waals surface area contributed by atoms with Gasteiger partial charge in [-0.25, -0.2) is 5.43 Å². The summed E-state index contributed by atoms with van der Waals surface area (Å²) in [5, 5.41) is 4.47. The van der Waals surface area contributed by atoms with Crippen molar-refractivity contribution in [3.63, 3.8) is 0 Å². The van der Waals surface area contributed by atoms with Gasteiger partial charge in [-0.1, -0.05) is 41.4 Å². The van der Waals surface area contributed by atoms with Crippen molar-refractivity contribution in [1.82, 2.24) is 5.43 Å². The lowest BCUT2D eigenvalue weighted by Gasteiger charge is -2.28. The summed E-state index contributed by atoms with van der Waals surface area (Å²) in [7, 11) is 0. The fraction of sp³-hybridized carbons (Fsp3) is 0.438. The molecular weight excluding hydrogens is 384 g/mol. The Morgan fingerprint density at radius 3 is 2.83 bits per heavy atom. The van der Waals surface area contributed by atoms with Crippen LogP contribution < -0.4 is 10.2 Å². The smallest absolute Gasteiger partial charge is 0.277 e. The summed E-state index contributed by atoms with van der Waals surface area (Å²) in [6.45, 7) is 3.83. The predicted octanol–water partition coefficient (Wildman–Crippen LogP) is 3.73. The van der Waals surface area contributed by atoms with Crippen molar-refractivity contribution >= 4 is 44.9 Å². The molecule has 1 amide bonds. The van der Waals surface area contributed by atoms with E-state index in [4.69, 9.17) is 16.3 Å². The van der Waals surface area contributed by atoms with Crippen molar-refractivity contribution in [1.29, 1.82) is 0 Å². The number of hydrogen-bond acceptors (Lipinski definition) is 4. The molecule has 1 aromatic rings. The Morgan fingerprint density at radius 1 is 1.43 bits per heavy atom. The highest BCUT2D eigenvalue weighted by atomic mass is 79.9. The van der Waals surface area contributed by atoms with Gasteiger partial charge in [0, 0.05) is 23.0 Å². The average Bonchev–Trinajstić information content (AvgIpc) is 2.42. The zero-order chi connectivity index (χ0) is 17.0. The first-order valence-corrected chi connectivity index (χ1v) is 8.36. The summed E-state index contributed by atoms with van der Waals surface area (Å²) in [5.41, 5.74) is 3.02. The molecule has 23 heavy (non-hydrogen) atoms. The Morgan fingerprint density at radius 2 is 2.17 bits per heavy atom. The minimum atomic E-state index is -0.396. The lowest BCUT2D eigenvalue weighted by molar-refractivity contribution is -0.123. The van der Waals surface area contributed by atoms with Gasteiger partial charge in [0.2, 0.25) is 0 Å². The van der Waals surface area contributed by atoms with E-state index in [-0.39, 0.29) is 17.8 Å². The molecule has 0 atom stereocenters. The highest BCUT2D eigenvalue weighted by Gasteiger charge is 2.30. The largest absolute Gasteiger partial charge is 0.482 e. The second-order valence-electron chi connectivity index (χ2n) is 6.31. The van der Waals surface area contributed by atoms with E-state index in [0.29, 0.717) is 35.7 Å². The highest BCUT2D eigenvalue weighted by Crippen LogP contribution is 2.31. The Balaban J connectivity index is 1.87. The van der Waals surface area contributed by atoms with E-state index in [1.807, 2.05) is 13.8 Å². The quantitative estimate of drug-likeness (QED) is 0.782. The Bertz CT molecular complexity index is 659. The molecule has 0 heterocycles. The van der Waals surface area contributed by atoms with Gasteiger partial charge in [0.15, 0.2) is 6.61 Å². The number of Topliss-reactive ketones (excluding diaryl/α,β-unsaturated/α-hetero) is 1. The van der Waals surface area contributed by atoms with E-state index in [0.717, 1.165) is 4.47 Å². The van der Waals surface area contributed by atoms with Crippen molar-refractivity contribution in [2.75, 3.05) is 6.61 Å². The van der Waals surface area contributed by atoms with Crippen LogP contribution in [0.5, 0.6) is 5.75 Å². The zero-order valence-electron chi connectivity index (χ0n) is 13.0. The van der Waals surface area contributed by atoms with Crippen LogP contribution in [0.3, 0.4) is 0 Å². The number of amides is 1. The summed E-state index contributed by atoms with van der Waals surface area (Å²) in [5.74, 6) is 0.172. The molecule has 0 bridgehead atoms. The molecule has 1 N–H and O–H groups in total. The number of rotatable bonds is 4. The Hall–Kier alpha value is -1.40. The van der Waals surface area contributed by atoms with Crippen LogP contribution in [-0.4, -0.2) is 24.0 Å². The fourth-order valence-electron chi connectivity index (χ4n) is 2.49. The topological polar surface area (TPSA) is 67.8 Å². The monoisotopic (exact) mass is 400 g/mol. The number of benzene rings is 1. The second-order valence-corrected chi connectivity index (χ2v) is 7.63. The van der Waals surface area contributed by atoms with Crippen LogP contribution in [0.1, 0.15) is 33.1 Å². The molecule has 1 fully saturated rings. The highest BCUT2D eigenvalue weighted by molar-refractivity contribution is 9.10. The molecule has 0 aromatic heterocycles. The number of halogens is 2. The van der Waals surface area contributed by atoms with Crippen LogP contribution in [0, 0.1) is 5.41 Å². The van der Waals surface area contributed by atoms with Crippen LogP contribution in [0.25, 0.3) is 0 Å². The molecule has 5 nitrogen and oxygen atoms in total. The maximum Gasteiger partial charge on any atom is 0.277 e. The number of carbonyl (C=O) groups excluding carboxylic acids is 2. The molecule has 0 saturated heterocycles. The van der Waals surface area contributed by atoms with E-state index >= 15 is 0 Å². The third-order valence-corrected chi connectivity index (χ3v) is 4.14. The number of ketones is 1. The summed E-state index contributed by atoms with van der Waals surface area (Å²) in [4.78, 5) is 23.5. The fourth-order valence-corrected chi connectivity index (χ4v) is 3.22. The van der Waals surface area contributed by atoms with Gasteiger partial charge < -0.3 is 4.74 Å². The maximum absolute atomic E-state index is 11.8.